The third kappa shape index (κ3) is 5.73. The molecule has 0 saturated carbocycles. The summed E-state index contributed by atoms with van der Waals surface area (Å²) in [5.41, 5.74) is 0.855. The maximum absolute atomic E-state index is 12.9. The van der Waals surface area contributed by atoms with Gasteiger partial charge in [0.1, 0.15) is 12.4 Å². The second-order valence-corrected chi connectivity index (χ2v) is 8.70. The summed E-state index contributed by atoms with van der Waals surface area (Å²) in [7, 11) is -3.77. The van der Waals surface area contributed by atoms with Crippen molar-refractivity contribution in [3.63, 3.8) is 0 Å². The zero-order valence-corrected chi connectivity index (χ0v) is 15.4. The lowest BCUT2D eigenvalue weighted by molar-refractivity contribution is 0.137. The lowest BCUT2D eigenvalue weighted by Crippen LogP contribution is -2.38. The van der Waals surface area contributed by atoms with E-state index in [0.29, 0.717) is 11.7 Å². The molecule has 2 rings (SSSR count). The summed E-state index contributed by atoms with van der Waals surface area (Å²) in [5, 5.41) is 2.91. The molecule has 2 atom stereocenters. The summed E-state index contributed by atoms with van der Waals surface area (Å²) in [5.74, 6) is -0.748. The van der Waals surface area contributed by atoms with E-state index in [1.807, 2.05) is 44.2 Å². The Morgan fingerprint density at radius 3 is 2.20 bits per heavy atom. The van der Waals surface area contributed by atoms with Gasteiger partial charge in [0.2, 0.25) is 0 Å². The van der Waals surface area contributed by atoms with Gasteiger partial charge >= 0.3 is 6.09 Å². The Morgan fingerprint density at radius 2 is 1.64 bits per heavy atom. The highest BCUT2D eigenvalue weighted by Gasteiger charge is 2.34. The van der Waals surface area contributed by atoms with Gasteiger partial charge in [0, 0.05) is 5.30 Å². The van der Waals surface area contributed by atoms with Gasteiger partial charge in [-0.1, -0.05) is 62.4 Å². The molecule has 25 heavy (non-hydrogen) atoms. The number of nitrogens with one attached hydrogen (secondary N) is 1. The maximum atomic E-state index is 12.9. The maximum Gasteiger partial charge on any atom is 0.408 e. The van der Waals surface area contributed by atoms with E-state index in [9.17, 15) is 14.3 Å². The van der Waals surface area contributed by atoms with Crippen molar-refractivity contribution in [2.75, 3.05) is 0 Å². The van der Waals surface area contributed by atoms with Crippen LogP contribution in [-0.2, 0) is 15.9 Å². The second kappa shape index (κ2) is 8.84. The van der Waals surface area contributed by atoms with Gasteiger partial charge in [-0.2, -0.15) is 0 Å². The molecule has 6 heteroatoms. The fraction of sp³-hybridized carbons (Fsp3) is 0.316. The summed E-state index contributed by atoms with van der Waals surface area (Å²) >= 11 is 0. The van der Waals surface area contributed by atoms with Crippen molar-refractivity contribution in [3.05, 3.63) is 66.2 Å². The smallest absolute Gasteiger partial charge is 0.408 e. The molecular weight excluding hydrogens is 337 g/mol. The molecule has 5 nitrogen and oxygen atoms in total. The van der Waals surface area contributed by atoms with Gasteiger partial charge in [-0.3, -0.25) is 4.57 Å². The Bertz CT molecular complexity index is 719. The van der Waals surface area contributed by atoms with E-state index in [4.69, 9.17) is 4.74 Å². The van der Waals surface area contributed by atoms with Crippen molar-refractivity contribution in [1.29, 1.82) is 0 Å². The third-order valence-corrected chi connectivity index (χ3v) is 5.96. The number of carbonyl (C=O) groups excluding carboxylic acids is 1. The lowest BCUT2D eigenvalue weighted by atomic mass is 10.1. The molecule has 2 N–H and O–H groups in total. The van der Waals surface area contributed by atoms with E-state index < -0.39 is 19.2 Å². The van der Waals surface area contributed by atoms with Gasteiger partial charge in [-0.25, -0.2) is 4.79 Å². The first-order valence-corrected chi connectivity index (χ1v) is 9.97. The minimum Gasteiger partial charge on any atom is -0.445 e. The van der Waals surface area contributed by atoms with Crippen LogP contribution in [0.15, 0.2) is 60.7 Å². The van der Waals surface area contributed by atoms with Crippen LogP contribution < -0.4 is 10.6 Å². The average Bonchev–Trinajstić information content (AvgIpc) is 2.60. The van der Waals surface area contributed by atoms with E-state index in [1.54, 1.807) is 30.3 Å². The molecule has 0 saturated heterocycles. The fourth-order valence-corrected chi connectivity index (χ4v) is 4.41. The topological polar surface area (TPSA) is 75.6 Å². The van der Waals surface area contributed by atoms with Gasteiger partial charge in [0.25, 0.3) is 7.37 Å². The molecule has 0 aliphatic heterocycles. The Hall–Kier alpha value is -2.10. The number of amides is 1. The van der Waals surface area contributed by atoms with E-state index in [0.717, 1.165) is 5.56 Å². The molecule has 134 valence electrons. The van der Waals surface area contributed by atoms with Crippen LogP contribution >= 0.6 is 7.37 Å². The van der Waals surface area contributed by atoms with Crippen molar-refractivity contribution in [3.8, 4) is 0 Å². The van der Waals surface area contributed by atoms with E-state index in [1.165, 1.54) is 0 Å². The summed E-state index contributed by atoms with van der Waals surface area (Å²) in [6.07, 6.45) is -0.317. The first kappa shape index (κ1) is 19.2. The first-order valence-electron chi connectivity index (χ1n) is 8.25. The number of alkyl carbamates (subject to hydrolysis) is 1. The molecule has 0 fully saturated rings. The van der Waals surface area contributed by atoms with Gasteiger partial charge in [-0.05, 0) is 30.0 Å². The standard InChI is InChI=1S/C19H24NO4P/c1-15(2)13-18(25(22,23)17-11-7-4-8-12-17)20-19(21)24-14-16-9-5-3-6-10-16/h3-12,15,18H,13-14H2,1-2H3,(H,20,21)(H,22,23). The molecule has 2 aromatic carbocycles. The summed E-state index contributed by atoms with van der Waals surface area (Å²) in [6.45, 7) is 3.99. The van der Waals surface area contributed by atoms with Gasteiger partial charge in [0.05, 0.1) is 0 Å². The third-order valence-electron chi connectivity index (χ3n) is 3.74. The van der Waals surface area contributed by atoms with Crippen molar-refractivity contribution in [2.45, 2.75) is 32.7 Å². The number of rotatable bonds is 7. The van der Waals surface area contributed by atoms with Crippen LogP contribution in [-0.4, -0.2) is 16.8 Å². The van der Waals surface area contributed by atoms with Crippen LogP contribution in [0.5, 0.6) is 0 Å². The highest BCUT2D eigenvalue weighted by molar-refractivity contribution is 7.66. The normalized spacial score (nSPS) is 14.6. The molecule has 0 aliphatic rings. The summed E-state index contributed by atoms with van der Waals surface area (Å²) < 4.78 is 18.1. The van der Waals surface area contributed by atoms with Crippen molar-refractivity contribution >= 4 is 18.8 Å². The van der Waals surface area contributed by atoms with E-state index in [2.05, 4.69) is 5.32 Å². The predicted octanol–water partition coefficient (Wildman–Crippen LogP) is 3.88. The summed E-state index contributed by atoms with van der Waals surface area (Å²) in [4.78, 5) is 22.7. The van der Waals surface area contributed by atoms with E-state index >= 15 is 0 Å². The van der Waals surface area contributed by atoms with Crippen LogP contribution in [0.2, 0.25) is 0 Å². The highest BCUT2D eigenvalue weighted by Crippen LogP contribution is 2.46. The molecule has 2 unspecified atom stereocenters. The quantitative estimate of drug-likeness (QED) is 0.734. The van der Waals surface area contributed by atoms with Crippen molar-refractivity contribution in [1.82, 2.24) is 5.32 Å². The number of hydrogen-bond acceptors (Lipinski definition) is 3. The van der Waals surface area contributed by atoms with Gasteiger partial charge in [0.15, 0.2) is 0 Å². The van der Waals surface area contributed by atoms with Crippen LogP contribution in [0.1, 0.15) is 25.8 Å². The average molecular weight is 361 g/mol. The number of benzene rings is 2. The van der Waals surface area contributed by atoms with Gasteiger partial charge in [-0.15, -0.1) is 0 Å². The Labute approximate surface area is 148 Å². The van der Waals surface area contributed by atoms with Crippen molar-refractivity contribution in [2.24, 2.45) is 5.92 Å². The Balaban J connectivity index is 2.07. The van der Waals surface area contributed by atoms with Crippen LogP contribution in [0.3, 0.4) is 0 Å². The van der Waals surface area contributed by atoms with Crippen molar-refractivity contribution < 1.29 is 19.0 Å². The molecule has 0 radical (unpaired) electrons. The molecule has 0 aromatic heterocycles. The highest BCUT2D eigenvalue weighted by atomic mass is 31.2. The van der Waals surface area contributed by atoms with Crippen LogP contribution in [0, 0.1) is 5.92 Å². The van der Waals surface area contributed by atoms with E-state index in [-0.39, 0.29) is 12.5 Å². The minimum absolute atomic E-state index is 0.113. The predicted molar refractivity (Wildman–Crippen MR) is 98.9 cm³/mol. The first-order chi connectivity index (χ1) is 11.9. The number of hydrogen-bond donors (Lipinski definition) is 2. The Morgan fingerprint density at radius 1 is 1.08 bits per heavy atom. The molecule has 0 heterocycles. The fourth-order valence-electron chi connectivity index (χ4n) is 2.46. The van der Waals surface area contributed by atoms with Crippen LogP contribution in [0.4, 0.5) is 4.79 Å². The minimum atomic E-state index is -3.77. The SMILES string of the molecule is CC(C)CC(NC(=O)OCc1ccccc1)P(=O)(O)c1ccccc1. The number of carbonyl (C=O) groups is 1. The molecular formula is C19H24NO4P. The molecule has 0 bridgehead atoms. The summed E-state index contributed by atoms with van der Waals surface area (Å²) in [6, 6.07) is 17.7. The lowest BCUT2D eigenvalue weighted by Gasteiger charge is -2.25. The molecule has 1 amide bonds. The largest absolute Gasteiger partial charge is 0.445 e. The zero-order valence-electron chi connectivity index (χ0n) is 14.5. The van der Waals surface area contributed by atoms with Crippen LogP contribution in [0.25, 0.3) is 0 Å². The Kier molecular flexibility index (Phi) is 6.80. The molecule has 0 spiro atoms. The monoisotopic (exact) mass is 361 g/mol. The zero-order chi connectivity index (χ0) is 18.3. The molecule has 0 aliphatic carbocycles. The number of ether oxygens (including phenoxy) is 1. The molecule has 2 aromatic rings. The second-order valence-electron chi connectivity index (χ2n) is 6.31. The van der Waals surface area contributed by atoms with Gasteiger partial charge < -0.3 is 14.9 Å².